The number of hydrogen-bond donors (Lipinski definition) is 3. The number of hydrogen-bond acceptors (Lipinski definition) is 6. The topological polar surface area (TPSA) is 119 Å². The van der Waals surface area contributed by atoms with Crippen LogP contribution in [0.5, 0.6) is 0 Å². The largest absolute Gasteiger partial charge is 0.490 e. The number of carboxylic acid groups (broad SMARTS) is 2. The molecule has 1 aliphatic heterocycles. The Morgan fingerprint density at radius 3 is 1.94 bits per heavy atom. The highest BCUT2D eigenvalue weighted by Gasteiger charge is 2.40. The first-order valence-corrected chi connectivity index (χ1v) is 10.8. The smallest absolute Gasteiger partial charge is 0.475 e. The van der Waals surface area contributed by atoms with Gasteiger partial charge in [-0.25, -0.2) is 9.59 Å². The molecule has 0 aromatic carbocycles. The van der Waals surface area contributed by atoms with Crippen LogP contribution in [-0.2, 0) is 20.9 Å². The van der Waals surface area contributed by atoms with E-state index in [9.17, 15) is 26.3 Å². The number of H-pyrrole nitrogens is 1. The average Bonchev–Trinajstić information content (AvgIpc) is 3.27. The van der Waals surface area contributed by atoms with E-state index in [2.05, 4.69) is 33.1 Å². The molecule has 3 rings (SSSR count). The Hall–Kier alpha value is -2.39. The fourth-order valence-electron chi connectivity index (χ4n) is 4.04. The third-order valence-electron chi connectivity index (χ3n) is 5.51. The fourth-order valence-corrected chi connectivity index (χ4v) is 4.04. The molecule has 202 valence electrons. The quantitative estimate of drug-likeness (QED) is 0.507. The van der Waals surface area contributed by atoms with E-state index < -0.39 is 24.3 Å². The van der Waals surface area contributed by atoms with Crippen molar-refractivity contribution >= 4 is 11.9 Å². The highest BCUT2D eigenvalue weighted by molar-refractivity contribution is 5.73. The van der Waals surface area contributed by atoms with Gasteiger partial charge >= 0.3 is 24.3 Å². The van der Waals surface area contributed by atoms with Crippen LogP contribution in [0.4, 0.5) is 26.3 Å². The van der Waals surface area contributed by atoms with E-state index in [0.29, 0.717) is 5.54 Å². The van der Waals surface area contributed by atoms with Gasteiger partial charge in [-0.15, -0.1) is 0 Å². The van der Waals surface area contributed by atoms with Gasteiger partial charge in [0, 0.05) is 43.6 Å². The lowest BCUT2D eigenvalue weighted by Gasteiger charge is -2.49. The fraction of sp³-hybridized carbons (Fsp3) is 0.750. The number of aliphatic carboxylic acids is 2. The lowest BCUT2D eigenvalue weighted by molar-refractivity contribution is -0.193. The van der Waals surface area contributed by atoms with Gasteiger partial charge < -0.3 is 14.9 Å². The van der Waals surface area contributed by atoms with Gasteiger partial charge in [0.05, 0.1) is 13.2 Å². The minimum absolute atomic E-state index is 0.358. The lowest BCUT2D eigenvalue weighted by atomic mass is 9.79. The molecule has 35 heavy (non-hydrogen) atoms. The summed E-state index contributed by atoms with van der Waals surface area (Å²) in [5.41, 5.74) is 1.56. The van der Waals surface area contributed by atoms with Crippen molar-refractivity contribution in [1.82, 2.24) is 20.0 Å². The van der Waals surface area contributed by atoms with Crippen LogP contribution in [0, 0.1) is 0 Å². The molecular formula is C20H30F6N4O5. The standard InChI is InChI=1S/C16H28N4O.2C2HF3O2/c1-19(13-15-5-8-17-18-15)14-16(6-3-2-4-7-16)20-9-11-21-12-10-20;2*3-2(4,5)1(6)7/h5,8H,2-4,6-7,9-14H2,1H3,(H,17,18);2*(H,6,7). The van der Waals surface area contributed by atoms with Crippen molar-refractivity contribution in [2.75, 3.05) is 39.9 Å². The Morgan fingerprint density at radius 1 is 1.06 bits per heavy atom. The predicted octanol–water partition coefficient (Wildman–Crippen LogP) is 3.14. The Bertz CT molecular complexity index is 737. The third kappa shape index (κ3) is 11.3. The molecule has 0 radical (unpaired) electrons. The zero-order valence-electron chi connectivity index (χ0n) is 19.2. The molecule has 1 aromatic rings. The van der Waals surface area contributed by atoms with E-state index >= 15 is 0 Å². The summed E-state index contributed by atoms with van der Waals surface area (Å²) in [5.74, 6) is -5.51. The van der Waals surface area contributed by atoms with Crippen molar-refractivity contribution in [3.63, 3.8) is 0 Å². The molecule has 0 atom stereocenters. The van der Waals surface area contributed by atoms with E-state index in [1.165, 1.54) is 37.8 Å². The van der Waals surface area contributed by atoms with E-state index in [1.54, 1.807) is 0 Å². The van der Waals surface area contributed by atoms with E-state index in [0.717, 1.165) is 39.4 Å². The van der Waals surface area contributed by atoms with Crippen LogP contribution < -0.4 is 0 Å². The molecule has 0 bridgehead atoms. The SMILES string of the molecule is CN(Cc1ccn[nH]1)CC1(N2CCOCC2)CCCCC1.O=C(O)C(F)(F)F.O=C(O)C(F)(F)F. The second kappa shape index (κ2) is 13.6. The molecule has 2 heterocycles. The number of carboxylic acids is 2. The van der Waals surface area contributed by atoms with Gasteiger partial charge in [-0.05, 0) is 26.0 Å². The Balaban J connectivity index is 0.000000362. The summed E-state index contributed by atoms with van der Waals surface area (Å²) in [7, 11) is 2.23. The number of nitrogens with zero attached hydrogens (tertiary/aromatic N) is 3. The van der Waals surface area contributed by atoms with Crippen molar-refractivity contribution < 1.29 is 50.9 Å². The first-order valence-electron chi connectivity index (χ1n) is 10.8. The molecule has 0 spiro atoms. The second-order valence-electron chi connectivity index (χ2n) is 8.24. The molecule has 0 unspecified atom stereocenters. The summed E-state index contributed by atoms with van der Waals surface area (Å²) in [4.78, 5) is 23.0. The van der Waals surface area contributed by atoms with E-state index in [1.807, 2.05) is 6.20 Å². The molecule has 1 aromatic heterocycles. The maximum Gasteiger partial charge on any atom is 0.490 e. The summed E-state index contributed by atoms with van der Waals surface area (Å²) < 4.78 is 69.0. The highest BCUT2D eigenvalue weighted by Crippen LogP contribution is 2.35. The van der Waals surface area contributed by atoms with Crippen molar-refractivity contribution in [3.05, 3.63) is 18.0 Å². The average molecular weight is 520 g/mol. The van der Waals surface area contributed by atoms with Crippen LogP contribution in [0.15, 0.2) is 12.3 Å². The van der Waals surface area contributed by atoms with Crippen molar-refractivity contribution in [2.45, 2.75) is 56.5 Å². The summed E-state index contributed by atoms with van der Waals surface area (Å²) in [6, 6.07) is 2.07. The van der Waals surface area contributed by atoms with Crippen molar-refractivity contribution in [2.24, 2.45) is 0 Å². The molecule has 15 heteroatoms. The molecule has 1 saturated carbocycles. The number of alkyl halides is 6. The lowest BCUT2D eigenvalue weighted by Crippen LogP contribution is -2.59. The maximum atomic E-state index is 10.6. The van der Waals surface area contributed by atoms with Crippen LogP contribution in [0.25, 0.3) is 0 Å². The second-order valence-corrected chi connectivity index (χ2v) is 8.24. The van der Waals surface area contributed by atoms with Gasteiger partial charge in [0.1, 0.15) is 0 Å². The van der Waals surface area contributed by atoms with Crippen LogP contribution in [0.3, 0.4) is 0 Å². The number of halogens is 6. The van der Waals surface area contributed by atoms with E-state index in [-0.39, 0.29) is 0 Å². The van der Waals surface area contributed by atoms with Gasteiger partial charge in [0.15, 0.2) is 0 Å². The van der Waals surface area contributed by atoms with Crippen LogP contribution in [0.2, 0.25) is 0 Å². The van der Waals surface area contributed by atoms with Gasteiger partial charge in [-0.1, -0.05) is 19.3 Å². The number of ether oxygens (including phenoxy) is 1. The molecule has 1 saturated heterocycles. The molecule has 3 N–H and O–H groups in total. The predicted molar refractivity (Wildman–Crippen MR) is 111 cm³/mol. The summed E-state index contributed by atoms with van der Waals surface area (Å²) >= 11 is 0. The Morgan fingerprint density at radius 2 is 1.54 bits per heavy atom. The molecule has 0 amide bonds. The summed E-state index contributed by atoms with van der Waals surface area (Å²) in [5, 5.41) is 21.4. The van der Waals surface area contributed by atoms with Crippen LogP contribution in [0.1, 0.15) is 37.8 Å². The van der Waals surface area contributed by atoms with Gasteiger partial charge in [-0.3, -0.25) is 14.9 Å². The van der Waals surface area contributed by atoms with Crippen molar-refractivity contribution in [3.8, 4) is 0 Å². The molecular weight excluding hydrogens is 490 g/mol. The number of rotatable bonds is 5. The third-order valence-corrected chi connectivity index (χ3v) is 5.51. The number of aromatic nitrogens is 2. The molecule has 9 nitrogen and oxygen atoms in total. The number of carbonyl (C=O) groups is 2. The van der Waals surface area contributed by atoms with Gasteiger partial charge in [0.2, 0.25) is 0 Å². The monoisotopic (exact) mass is 520 g/mol. The maximum absolute atomic E-state index is 10.6. The zero-order chi connectivity index (χ0) is 26.7. The Kier molecular flexibility index (Phi) is 11.9. The first-order chi connectivity index (χ1) is 16.2. The molecule has 1 aliphatic carbocycles. The van der Waals surface area contributed by atoms with E-state index in [4.69, 9.17) is 24.5 Å². The highest BCUT2D eigenvalue weighted by atomic mass is 19.4. The number of morpholine rings is 1. The summed E-state index contributed by atoms with van der Waals surface area (Å²) in [6.45, 7) is 6.08. The van der Waals surface area contributed by atoms with Crippen molar-refractivity contribution in [1.29, 1.82) is 0 Å². The summed E-state index contributed by atoms with van der Waals surface area (Å²) in [6.07, 6.45) is -1.52. The normalized spacial score (nSPS) is 18.6. The van der Waals surface area contributed by atoms with Gasteiger partial charge in [-0.2, -0.15) is 31.4 Å². The number of aromatic amines is 1. The minimum atomic E-state index is -5.08. The first kappa shape index (κ1) is 30.6. The molecule has 2 aliphatic rings. The van der Waals surface area contributed by atoms with Crippen LogP contribution in [-0.4, -0.2) is 99.9 Å². The number of nitrogens with one attached hydrogen (secondary N) is 1. The Labute approximate surface area is 198 Å². The minimum Gasteiger partial charge on any atom is -0.475 e. The zero-order valence-corrected chi connectivity index (χ0v) is 19.2. The molecule has 2 fully saturated rings. The van der Waals surface area contributed by atoms with Gasteiger partial charge in [0.25, 0.3) is 0 Å². The van der Waals surface area contributed by atoms with Crippen LogP contribution >= 0.6 is 0 Å². The number of likely N-dealkylation sites (N-methyl/N-ethyl adjacent to an activating group) is 1.